The fraction of sp³-hybridized carbons (Fsp3) is 0.194. The van der Waals surface area contributed by atoms with Crippen molar-refractivity contribution in [2.45, 2.75) is 38.8 Å². The highest BCUT2D eigenvalue weighted by molar-refractivity contribution is 5.82. The third-order valence-corrected chi connectivity index (χ3v) is 6.21. The molecule has 4 rings (SSSR count). The van der Waals surface area contributed by atoms with E-state index >= 15 is 0 Å². The molecule has 10 heteroatoms. The van der Waals surface area contributed by atoms with Crippen LogP contribution in [0, 0.1) is 10.2 Å². The van der Waals surface area contributed by atoms with Crippen LogP contribution in [0.2, 0.25) is 0 Å². The fourth-order valence-corrected chi connectivity index (χ4v) is 4.48. The molecule has 0 aliphatic carbocycles. The highest BCUT2D eigenvalue weighted by Gasteiger charge is 2.23. The summed E-state index contributed by atoms with van der Waals surface area (Å²) in [7, 11) is -4.94. The smallest absolute Gasteiger partial charge is 0.326 e. The molecule has 1 atom stereocenters. The van der Waals surface area contributed by atoms with Crippen LogP contribution in [0.25, 0.3) is 33.6 Å². The Morgan fingerprint density at radius 3 is 1.54 bits per heavy atom. The molecule has 1 unspecified atom stereocenters. The van der Waals surface area contributed by atoms with Gasteiger partial charge in [-0.15, -0.1) is 10.2 Å². The standard InChI is InChI=1S/C31H30N2O3.ClHO4/c1-23(34)32-28(31(35)36)19-11-12-20-33-29(25-15-7-3-8-16-25)21-27(24-13-5-2-6-14-24)22-30(33)26-17-9-4-10-18-26;2-1(3,4)5/h2-10,13-18,21-22,28H,11-12,19-20H2,1H3,(H-,32,34,35,36);(H,2,3,4,5). The average molecular weight is 579 g/mol. The Labute approximate surface area is 240 Å². The molecule has 0 saturated carbocycles. The van der Waals surface area contributed by atoms with E-state index in [2.05, 4.69) is 70.5 Å². The van der Waals surface area contributed by atoms with Crippen molar-refractivity contribution >= 4 is 11.9 Å². The van der Waals surface area contributed by atoms with E-state index in [0.29, 0.717) is 12.8 Å². The van der Waals surface area contributed by atoms with E-state index in [0.717, 1.165) is 46.6 Å². The van der Waals surface area contributed by atoms with Crippen LogP contribution in [0.4, 0.5) is 0 Å². The molecular formula is C31H31ClN2O7. The van der Waals surface area contributed by atoms with Gasteiger partial charge >= 0.3 is 5.97 Å². The van der Waals surface area contributed by atoms with Crippen LogP contribution < -0.4 is 28.5 Å². The maximum atomic E-state index is 11.5. The summed E-state index contributed by atoms with van der Waals surface area (Å²) in [4.78, 5) is 22.9. The van der Waals surface area contributed by atoms with Gasteiger partial charge in [0.1, 0.15) is 12.6 Å². The van der Waals surface area contributed by atoms with Gasteiger partial charge in [0.15, 0.2) is 0 Å². The number of nitrogens with zero attached hydrogens (tertiary/aromatic N) is 1. The van der Waals surface area contributed by atoms with E-state index in [-0.39, 0.29) is 5.91 Å². The molecule has 1 heterocycles. The van der Waals surface area contributed by atoms with E-state index in [9.17, 15) is 14.7 Å². The Morgan fingerprint density at radius 1 is 0.732 bits per heavy atom. The van der Waals surface area contributed by atoms with Gasteiger partial charge in [-0.2, -0.15) is 4.57 Å². The lowest BCUT2D eigenvalue weighted by molar-refractivity contribution is -2.00. The SMILES string of the molecule is CC(=O)NC(CCCC[n+]1c(-c2ccccc2)cc(-c2ccccc2)cc1-c1ccccc1)C(=O)O.[O-][Cl+3]([O-])([O-])[O-]. The van der Waals surface area contributed by atoms with Gasteiger partial charge in [-0.05, 0) is 48.2 Å². The summed E-state index contributed by atoms with van der Waals surface area (Å²) in [6, 6.07) is 34.6. The largest absolute Gasteiger partial charge is 0.480 e. The molecule has 0 saturated heterocycles. The summed E-state index contributed by atoms with van der Waals surface area (Å²) < 4.78 is 36.3. The molecule has 3 aromatic carbocycles. The quantitative estimate of drug-likeness (QED) is 0.209. The minimum atomic E-state index is -4.94. The molecule has 1 aromatic heterocycles. The van der Waals surface area contributed by atoms with Gasteiger partial charge in [-0.3, -0.25) is 4.79 Å². The van der Waals surface area contributed by atoms with Crippen molar-refractivity contribution in [2.75, 3.05) is 0 Å². The van der Waals surface area contributed by atoms with Crippen LogP contribution in [0.5, 0.6) is 0 Å². The maximum absolute atomic E-state index is 11.5. The summed E-state index contributed by atoms with van der Waals surface area (Å²) >= 11 is 0. The van der Waals surface area contributed by atoms with Gasteiger partial charge in [-0.1, -0.05) is 66.7 Å². The number of carbonyl (C=O) groups is 2. The number of halogens is 1. The first kappa shape index (κ1) is 31.4. The number of aliphatic carboxylic acids is 1. The number of benzene rings is 3. The van der Waals surface area contributed by atoms with Crippen LogP contribution in [0.1, 0.15) is 26.2 Å². The molecule has 0 aliphatic rings. The molecule has 214 valence electrons. The van der Waals surface area contributed by atoms with Gasteiger partial charge in [0.05, 0.1) is 0 Å². The van der Waals surface area contributed by atoms with Gasteiger partial charge < -0.3 is 10.4 Å². The first-order valence-corrected chi connectivity index (χ1v) is 14.1. The second-order valence-electron chi connectivity index (χ2n) is 9.23. The lowest BCUT2D eigenvalue weighted by Gasteiger charge is -2.17. The van der Waals surface area contributed by atoms with Gasteiger partial charge in [0.25, 0.3) is 0 Å². The molecule has 1 amide bonds. The number of unbranched alkanes of at least 4 members (excludes halogenated alkanes) is 1. The number of carbonyl (C=O) groups excluding carboxylic acids is 1. The molecule has 0 radical (unpaired) electrons. The zero-order valence-electron chi connectivity index (χ0n) is 22.4. The van der Waals surface area contributed by atoms with Crippen LogP contribution in [0.3, 0.4) is 0 Å². The van der Waals surface area contributed by atoms with Crippen molar-refractivity contribution in [1.29, 1.82) is 0 Å². The number of aromatic nitrogens is 1. The van der Waals surface area contributed by atoms with Crippen LogP contribution >= 0.6 is 0 Å². The average Bonchev–Trinajstić information content (AvgIpc) is 2.94. The number of hydrogen-bond acceptors (Lipinski definition) is 6. The number of rotatable bonds is 10. The van der Waals surface area contributed by atoms with Gasteiger partial charge in [0.2, 0.25) is 17.3 Å². The highest BCUT2D eigenvalue weighted by atomic mass is 35.7. The number of hydrogen-bond donors (Lipinski definition) is 2. The zero-order valence-corrected chi connectivity index (χ0v) is 23.2. The normalized spacial score (nSPS) is 11.6. The molecular weight excluding hydrogens is 548 g/mol. The summed E-state index contributed by atoms with van der Waals surface area (Å²) in [5, 5.41) is 12.0. The zero-order chi connectivity index (χ0) is 29.8. The van der Waals surface area contributed by atoms with E-state index < -0.39 is 22.3 Å². The Bertz CT molecular complexity index is 1350. The van der Waals surface area contributed by atoms with E-state index in [4.69, 9.17) is 18.6 Å². The molecule has 0 aliphatic heterocycles. The van der Waals surface area contributed by atoms with Crippen molar-refractivity contribution in [3.63, 3.8) is 0 Å². The van der Waals surface area contributed by atoms with Crippen molar-refractivity contribution in [3.05, 3.63) is 103 Å². The van der Waals surface area contributed by atoms with Crippen LogP contribution in [0.15, 0.2) is 103 Å². The monoisotopic (exact) mass is 578 g/mol. The number of carboxylic acids is 1. The van der Waals surface area contributed by atoms with Crippen molar-refractivity contribution in [2.24, 2.45) is 0 Å². The number of pyridine rings is 1. The maximum Gasteiger partial charge on any atom is 0.326 e. The van der Waals surface area contributed by atoms with E-state index in [1.54, 1.807) is 0 Å². The van der Waals surface area contributed by atoms with Crippen LogP contribution in [-0.4, -0.2) is 23.0 Å². The van der Waals surface area contributed by atoms with Crippen molar-refractivity contribution in [3.8, 4) is 33.6 Å². The number of amides is 1. The predicted molar refractivity (Wildman–Crippen MR) is 142 cm³/mol. The Morgan fingerprint density at radius 2 is 1.15 bits per heavy atom. The minimum Gasteiger partial charge on any atom is -0.480 e. The second kappa shape index (κ2) is 15.0. The van der Waals surface area contributed by atoms with Crippen LogP contribution in [-0.2, 0) is 16.1 Å². The van der Waals surface area contributed by atoms with E-state index in [1.165, 1.54) is 6.92 Å². The summed E-state index contributed by atoms with van der Waals surface area (Å²) in [6.45, 7) is 2.06. The molecule has 0 bridgehead atoms. The fourth-order valence-electron chi connectivity index (χ4n) is 4.48. The van der Waals surface area contributed by atoms with Gasteiger partial charge in [-0.25, -0.2) is 23.4 Å². The first-order chi connectivity index (χ1) is 19.5. The van der Waals surface area contributed by atoms with Crippen molar-refractivity contribution in [1.82, 2.24) is 5.32 Å². The third-order valence-electron chi connectivity index (χ3n) is 6.21. The molecule has 41 heavy (non-hydrogen) atoms. The third kappa shape index (κ3) is 10.4. The minimum absolute atomic E-state index is 0.328. The lowest BCUT2D eigenvalue weighted by Crippen LogP contribution is -2.68. The van der Waals surface area contributed by atoms with Gasteiger partial charge in [0, 0.05) is 36.6 Å². The molecule has 0 spiro atoms. The number of carboxylic acid groups (broad SMARTS) is 1. The highest BCUT2D eigenvalue weighted by Crippen LogP contribution is 2.29. The van der Waals surface area contributed by atoms with E-state index in [1.807, 2.05) is 42.5 Å². The summed E-state index contributed by atoms with van der Waals surface area (Å²) in [5.41, 5.74) is 6.74. The Hall–Kier alpha value is -4.12. The summed E-state index contributed by atoms with van der Waals surface area (Å²) in [5.74, 6) is -1.33. The number of nitrogens with one attached hydrogen (secondary N) is 1. The molecule has 2 N–H and O–H groups in total. The first-order valence-electron chi connectivity index (χ1n) is 12.9. The Balaban J connectivity index is 0.000000850. The lowest BCUT2D eigenvalue weighted by atomic mass is 9.98. The molecule has 9 nitrogen and oxygen atoms in total. The summed E-state index contributed by atoms with van der Waals surface area (Å²) in [6.07, 6.45) is 1.84. The molecule has 4 aromatic rings. The second-order valence-corrected chi connectivity index (χ2v) is 9.99. The predicted octanol–water partition coefficient (Wildman–Crippen LogP) is 0.979. The van der Waals surface area contributed by atoms with Crippen molar-refractivity contribution < 1.29 is 48.1 Å². The Kier molecular flexibility index (Phi) is 11.5. The molecule has 0 fully saturated rings. The topological polar surface area (TPSA) is 163 Å².